The number of amides is 2. The maximum Gasteiger partial charge on any atom is 0.229 e. The Morgan fingerprint density at radius 3 is 2.69 bits per heavy atom. The molecule has 0 spiro atoms. The molecule has 4 rings (SSSR count). The fraction of sp³-hybridized carbons (Fsp3) is 0.364. The molecule has 1 unspecified atom stereocenters. The van der Waals surface area contributed by atoms with Crippen LogP contribution in [0.15, 0.2) is 42.5 Å². The van der Waals surface area contributed by atoms with Crippen LogP contribution in [-0.4, -0.2) is 37.7 Å². The summed E-state index contributed by atoms with van der Waals surface area (Å²) < 4.78 is 16.9. The number of rotatable bonds is 5. The molecule has 0 radical (unpaired) electrons. The number of hydrogen-bond donors (Lipinski definition) is 1. The summed E-state index contributed by atoms with van der Waals surface area (Å²) in [5.41, 5.74) is 1.31. The molecule has 29 heavy (non-hydrogen) atoms. The number of nitrogens with zero attached hydrogens (tertiary/aromatic N) is 1. The van der Waals surface area contributed by atoms with Crippen LogP contribution in [0.3, 0.4) is 0 Å². The first-order valence-corrected chi connectivity index (χ1v) is 9.78. The fourth-order valence-electron chi connectivity index (χ4n) is 3.52. The molecule has 0 aromatic heterocycles. The molecule has 2 amide bonds. The van der Waals surface area contributed by atoms with E-state index in [0.29, 0.717) is 48.4 Å². The molecule has 0 saturated carbocycles. The molecule has 2 aliphatic heterocycles. The Morgan fingerprint density at radius 2 is 1.90 bits per heavy atom. The van der Waals surface area contributed by atoms with Crippen LogP contribution in [0.2, 0.25) is 0 Å². The minimum atomic E-state index is -0.442. The van der Waals surface area contributed by atoms with Crippen molar-refractivity contribution < 1.29 is 23.8 Å². The van der Waals surface area contributed by atoms with E-state index in [9.17, 15) is 9.59 Å². The van der Waals surface area contributed by atoms with Crippen molar-refractivity contribution in [3.8, 4) is 17.2 Å². The second kappa shape index (κ2) is 8.03. The summed E-state index contributed by atoms with van der Waals surface area (Å²) in [6, 6.07) is 12.7. The normalized spacial score (nSPS) is 18.1. The number of benzene rings is 2. The third kappa shape index (κ3) is 4.13. The van der Waals surface area contributed by atoms with Gasteiger partial charge in [-0.25, -0.2) is 0 Å². The van der Waals surface area contributed by atoms with Gasteiger partial charge in [0.15, 0.2) is 11.5 Å². The summed E-state index contributed by atoms with van der Waals surface area (Å²) >= 11 is 0. The van der Waals surface area contributed by atoms with E-state index in [1.165, 1.54) is 0 Å². The summed E-state index contributed by atoms with van der Waals surface area (Å²) in [5, 5.41) is 2.89. The van der Waals surface area contributed by atoms with Gasteiger partial charge in [0.25, 0.3) is 0 Å². The van der Waals surface area contributed by atoms with Crippen LogP contribution >= 0.6 is 0 Å². The number of para-hydroxylation sites is 2. The van der Waals surface area contributed by atoms with E-state index in [2.05, 4.69) is 5.32 Å². The predicted octanol–water partition coefficient (Wildman–Crippen LogP) is 3.24. The van der Waals surface area contributed by atoms with Gasteiger partial charge in [0.05, 0.1) is 17.7 Å². The van der Waals surface area contributed by atoms with E-state index in [1.54, 1.807) is 23.1 Å². The van der Waals surface area contributed by atoms with Crippen molar-refractivity contribution in [1.82, 2.24) is 0 Å². The lowest BCUT2D eigenvalue weighted by atomic mass is 10.1. The van der Waals surface area contributed by atoms with E-state index < -0.39 is 5.92 Å². The highest BCUT2D eigenvalue weighted by molar-refractivity contribution is 6.04. The summed E-state index contributed by atoms with van der Waals surface area (Å²) in [6.07, 6.45) is 0.148. The number of hydrogen-bond acceptors (Lipinski definition) is 5. The minimum Gasteiger partial charge on any atom is -0.489 e. The van der Waals surface area contributed by atoms with E-state index in [1.807, 2.05) is 38.1 Å². The molecule has 1 fully saturated rings. The molecule has 7 heteroatoms. The number of nitrogens with one attached hydrogen (secondary N) is 1. The monoisotopic (exact) mass is 396 g/mol. The molecule has 1 N–H and O–H groups in total. The summed E-state index contributed by atoms with van der Waals surface area (Å²) in [5.74, 6) is 1.19. The lowest BCUT2D eigenvalue weighted by Gasteiger charge is -2.22. The molecule has 152 valence electrons. The van der Waals surface area contributed by atoms with Crippen molar-refractivity contribution in [3.05, 3.63) is 42.5 Å². The van der Waals surface area contributed by atoms with Crippen LogP contribution in [0.1, 0.15) is 20.3 Å². The second-order valence-corrected chi connectivity index (χ2v) is 7.39. The highest BCUT2D eigenvalue weighted by atomic mass is 16.6. The molecule has 1 saturated heterocycles. The van der Waals surface area contributed by atoms with E-state index in [-0.39, 0.29) is 24.3 Å². The highest BCUT2D eigenvalue weighted by Gasteiger charge is 2.36. The molecular weight excluding hydrogens is 372 g/mol. The Labute approximate surface area is 169 Å². The molecule has 1 atom stereocenters. The molecule has 2 heterocycles. The van der Waals surface area contributed by atoms with Crippen molar-refractivity contribution in [2.24, 2.45) is 5.92 Å². The lowest BCUT2D eigenvalue weighted by Crippen LogP contribution is -2.28. The van der Waals surface area contributed by atoms with Crippen LogP contribution in [0.4, 0.5) is 11.4 Å². The average Bonchev–Trinajstić information content (AvgIpc) is 3.09. The molecular formula is C22H24N2O5. The van der Waals surface area contributed by atoms with Gasteiger partial charge in [-0.3, -0.25) is 9.59 Å². The smallest absolute Gasteiger partial charge is 0.229 e. The number of ether oxygens (including phenoxy) is 3. The third-order valence-corrected chi connectivity index (χ3v) is 4.82. The van der Waals surface area contributed by atoms with Crippen molar-refractivity contribution in [1.29, 1.82) is 0 Å². The molecule has 0 bridgehead atoms. The van der Waals surface area contributed by atoms with Crippen LogP contribution in [-0.2, 0) is 9.59 Å². The Hall–Kier alpha value is -3.22. The Morgan fingerprint density at radius 1 is 1.14 bits per heavy atom. The first kappa shape index (κ1) is 19.1. The predicted molar refractivity (Wildman–Crippen MR) is 109 cm³/mol. The van der Waals surface area contributed by atoms with Crippen LogP contribution in [0.25, 0.3) is 0 Å². The standard InChI is InChI=1S/C22H24N2O5/c1-14(2)29-18-6-4-3-5-17(18)24-13-15(11-21(24)25)22(26)23-16-7-8-19-20(12-16)28-10-9-27-19/h3-8,12,14-15H,9-11,13H2,1-2H3,(H,23,26). The van der Waals surface area contributed by atoms with Crippen molar-refractivity contribution in [3.63, 3.8) is 0 Å². The first-order chi connectivity index (χ1) is 14.0. The van der Waals surface area contributed by atoms with Gasteiger partial charge in [0.1, 0.15) is 19.0 Å². The molecule has 2 aliphatic rings. The van der Waals surface area contributed by atoms with E-state index in [4.69, 9.17) is 14.2 Å². The molecule has 2 aromatic rings. The van der Waals surface area contributed by atoms with Crippen LogP contribution in [0.5, 0.6) is 17.2 Å². The zero-order valence-electron chi connectivity index (χ0n) is 16.5. The Balaban J connectivity index is 1.46. The van der Waals surface area contributed by atoms with Gasteiger partial charge < -0.3 is 24.4 Å². The topological polar surface area (TPSA) is 77.1 Å². The van der Waals surface area contributed by atoms with Crippen molar-refractivity contribution in [2.75, 3.05) is 30.0 Å². The van der Waals surface area contributed by atoms with Gasteiger partial charge >= 0.3 is 0 Å². The number of fused-ring (bicyclic) bond motifs is 1. The first-order valence-electron chi connectivity index (χ1n) is 9.78. The van der Waals surface area contributed by atoms with Crippen molar-refractivity contribution in [2.45, 2.75) is 26.4 Å². The lowest BCUT2D eigenvalue weighted by molar-refractivity contribution is -0.122. The summed E-state index contributed by atoms with van der Waals surface area (Å²) in [7, 11) is 0. The SMILES string of the molecule is CC(C)Oc1ccccc1N1CC(C(=O)Nc2ccc3c(c2)OCCO3)CC1=O. The largest absolute Gasteiger partial charge is 0.489 e. The van der Waals surface area contributed by atoms with Gasteiger partial charge in [-0.05, 0) is 38.1 Å². The highest BCUT2D eigenvalue weighted by Crippen LogP contribution is 2.35. The fourth-order valence-corrected chi connectivity index (χ4v) is 3.52. The van der Waals surface area contributed by atoms with Gasteiger partial charge in [0, 0.05) is 24.7 Å². The Bertz CT molecular complexity index is 927. The maximum atomic E-state index is 12.8. The minimum absolute atomic E-state index is 0.0110. The van der Waals surface area contributed by atoms with Crippen molar-refractivity contribution >= 4 is 23.2 Å². The maximum absolute atomic E-state index is 12.8. The average molecular weight is 396 g/mol. The number of carbonyl (C=O) groups is 2. The van der Waals surface area contributed by atoms with E-state index >= 15 is 0 Å². The Kier molecular flexibility index (Phi) is 5.29. The van der Waals surface area contributed by atoms with E-state index in [0.717, 1.165) is 0 Å². The van der Waals surface area contributed by atoms with Gasteiger partial charge in [0.2, 0.25) is 11.8 Å². The zero-order chi connectivity index (χ0) is 20.4. The van der Waals surface area contributed by atoms with Gasteiger partial charge in [-0.1, -0.05) is 12.1 Å². The summed E-state index contributed by atoms with van der Waals surface area (Å²) in [4.78, 5) is 27.0. The second-order valence-electron chi connectivity index (χ2n) is 7.39. The summed E-state index contributed by atoms with van der Waals surface area (Å²) in [6.45, 7) is 5.18. The van der Waals surface area contributed by atoms with Gasteiger partial charge in [-0.15, -0.1) is 0 Å². The van der Waals surface area contributed by atoms with Crippen LogP contribution in [0, 0.1) is 5.92 Å². The van der Waals surface area contributed by atoms with Gasteiger partial charge in [-0.2, -0.15) is 0 Å². The number of carbonyl (C=O) groups excluding carboxylic acids is 2. The van der Waals surface area contributed by atoms with Crippen LogP contribution < -0.4 is 24.4 Å². The third-order valence-electron chi connectivity index (χ3n) is 4.82. The number of anilines is 2. The molecule has 7 nitrogen and oxygen atoms in total. The zero-order valence-corrected chi connectivity index (χ0v) is 16.5. The quantitative estimate of drug-likeness (QED) is 0.840. The molecule has 0 aliphatic carbocycles. The molecule has 2 aromatic carbocycles.